The van der Waals surface area contributed by atoms with Crippen LogP contribution in [0.3, 0.4) is 0 Å². The van der Waals surface area contributed by atoms with Crippen molar-refractivity contribution >= 4 is 50.7 Å². The second-order valence-corrected chi connectivity index (χ2v) is 11.8. The smallest absolute Gasteiger partial charge is 0.244 e. The first kappa shape index (κ1) is 29.1. The summed E-state index contributed by atoms with van der Waals surface area (Å²) in [5, 5.41) is 3.66. The lowest BCUT2D eigenvalue weighted by Crippen LogP contribution is -2.53. The lowest BCUT2D eigenvalue weighted by Gasteiger charge is -2.33. The van der Waals surface area contributed by atoms with E-state index in [2.05, 4.69) is 5.32 Å². The van der Waals surface area contributed by atoms with Gasteiger partial charge in [-0.15, -0.1) is 0 Å². The Bertz CT molecular complexity index is 1260. The summed E-state index contributed by atoms with van der Waals surface area (Å²) < 4.78 is 53.2. The monoisotopic (exact) mass is 575 g/mol. The molecular weight excluding hydrogens is 547 g/mol. The lowest BCUT2D eigenvalue weighted by atomic mass is 10.1. The number of nitrogens with zero attached hydrogens (tertiary/aromatic N) is 2. The number of sulfonamides is 1. The van der Waals surface area contributed by atoms with Gasteiger partial charge in [0.2, 0.25) is 21.8 Å². The molecule has 7 nitrogen and oxygen atoms in total. The summed E-state index contributed by atoms with van der Waals surface area (Å²) in [4.78, 5) is 28.2. The number of carbonyl (C=O) groups is 2. The van der Waals surface area contributed by atoms with E-state index in [1.807, 2.05) is 0 Å². The molecule has 1 atom stereocenters. The topological polar surface area (TPSA) is 86.8 Å². The zero-order valence-electron chi connectivity index (χ0n) is 20.5. The Morgan fingerprint density at radius 1 is 1.08 bits per heavy atom. The van der Waals surface area contributed by atoms with Crippen LogP contribution in [0.4, 0.5) is 14.5 Å². The molecule has 3 rings (SSSR count). The predicted octanol–water partition coefficient (Wildman–Crippen LogP) is 4.90. The van der Waals surface area contributed by atoms with Crippen LogP contribution in [0.25, 0.3) is 0 Å². The summed E-state index contributed by atoms with van der Waals surface area (Å²) in [6.07, 6.45) is 4.80. The molecular formula is C25H29Cl2F2N3O4S. The Labute approximate surface area is 225 Å². The van der Waals surface area contributed by atoms with Gasteiger partial charge >= 0.3 is 0 Å². The van der Waals surface area contributed by atoms with E-state index < -0.39 is 40.2 Å². The maximum atomic E-state index is 13.9. The van der Waals surface area contributed by atoms with E-state index in [0.29, 0.717) is 21.0 Å². The zero-order chi connectivity index (χ0) is 27.3. The molecule has 0 spiro atoms. The summed E-state index contributed by atoms with van der Waals surface area (Å²) in [6.45, 7) is 0.912. The molecule has 0 unspecified atom stereocenters. The van der Waals surface area contributed by atoms with Gasteiger partial charge in [0.05, 0.1) is 11.9 Å². The molecule has 1 aliphatic carbocycles. The highest BCUT2D eigenvalue weighted by Gasteiger charge is 2.33. The number of amides is 2. The highest BCUT2D eigenvalue weighted by Crippen LogP contribution is 2.26. The van der Waals surface area contributed by atoms with Crippen LogP contribution in [-0.4, -0.2) is 50.0 Å². The van der Waals surface area contributed by atoms with Crippen molar-refractivity contribution in [3.63, 3.8) is 0 Å². The SMILES string of the molecule is CC[C@@H](C(=O)NC1CCCC1)N(Cc1ccc(Cl)cc1Cl)C(=O)CN(c1ccc(F)c(F)c1)S(C)(=O)=O. The second-order valence-electron chi connectivity index (χ2n) is 9.04. The number of nitrogens with one attached hydrogen (secondary N) is 1. The summed E-state index contributed by atoms with van der Waals surface area (Å²) in [7, 11) is -4.08. The van der Waals surface area contributed by atoms with Crippen LogP contribution in [0.1, 0.15) is 44.6 Å². The molecule has 0 radical (unpaired) electrons. The largest absolute Gasteiger partial charge is 0.352 e. The van der Waals surface area contributed by atoms with Crippen LogP contribution >= 0.6 is 23.2 Å². The molecule has 0 bridgehead atoms. The second kappa shape index (κ2) is 12.4. The molecule has 12 heteroatoms. The summed E-state index contributed by atoms with van der Waals surface area (Å²) >= 11 is 12.3. The Hall–Kier alpha value is -2.43. The molecule has 37 heavy (non-hydrogen) atoms. The number of anilines is 1. The van der Waals surface area contributed by atoms with Gasteiger partial charge in [-0.3, -0.25) is 13.9 Å². The summed E-state index contributed by atoms with van der Waals surface area (Å²) in [5.41, 5.74) is 0.285. The third kappa shape index (κ3) is 7.55. The highest BCUT2D eigenvalue weighted by atomic mass is 35.5. The molecule has 1 fully saturated rings. The fraction of sp³-hybridized carbons (Fsp3) is 0.440. The van der Waals surface area contributed by atoms with Crippen molar-refractivity contribution in [2.24, 2.45) is 0 Å². The maximum absolute atomic E-state index is 13.9. The Morgan fingerprint density at radius 3 is 2.32 bits per heavy atom. The van der Waals surface area contributed by atoms with Crippen molar-refractivity contribution in [2.45, 2.75) is 57.7 Å². The zero-order valence-corrected chi connectivity index (χ0v) is 22.8. The Morgan fingerprint density at radius 2 is 1.76 bits per heavy atom. The van der Waals surface area contributed by atoms with E-state index in [4.69, 9.17) is 23.2 Å². The van der Waals surface area contributed by atoms with E-state index in [1.54, 1.807) is 19.1 Å². The van der Waals surface area contributed by atoms with Crippen LogP contribution < -0.4 is 9.62 Å². The van der Waals surface area contributed by atoms with Gasteiger partial charge in [-0.05, 0) is 49.1 Å². The number of hydrogen-bond donors (Lipinski definition) is 1. The average Bonchev–Trinajstić information content (AvgIpc) is 3.32. The minimum Gasteiger partial charge on any atom is -0.352 e. The number of halogens is 4. The number of rotatable bonds is 10. The molecule has 0 heterocycles. The Balaban J connectivity index is 1.96. The molecule has 0 aromatic heterocycles. The quantitative estimate of drug-likeness (QED) is 0.436. The van der Waals surface area contributed by atoms with Crippen LogP contribution in [0.5, 0.6) is 0 Å². The van der Waals surface area contributed by atoms with Gasteiger partial charge in [0.25, 0.3) is 0 Å². The minimum absolute atomic E-state index is 0.00679. The van der Waals surface area contributed by atoms with Gasteiger partial charge in [0.1, 0.15) is 12.6 Å². The van der Waals surface area contributed by atoms with E-state index in [-0.39, 0.29) is 35.6 Å². The van der Waals surface area contributed by atoms with Gasteiger partial charge in [-0.2, -0.15) is 0 Å². The highest BCUT2D eigenvalue weighted by molar-refractivity contribution is 7.92. The fourth-order valence-corrected chi connectivity index (χ4v) is 5.68. The van der Waals surface area contributed by atoms with Gasteiger partial charge in [-0.1, -0.05) is 49.0 Å². The van der Waals surface area contributed by atoms with Gasteiger partial charge in [-0.25, -0.2) is 17.2 Å². The molecule has 2 amide bonds. The summed E-state index contributed by atoms with van der Waals surface area (Å²) in [5.74, 6) is -3.48. The number of benzene rings is 2. The van der Waals surface area contributed by atoms with Crippen molar-refractivity contribution < 1.29 is 26.8 Å². The van der Waals surface area contributed by atoms with E-state index in [9.17, 15) is 26.8 Å². The summed E-state index contributed by atoms with van der Waals surface area (Å²) in [6, 6.07) is 6.35. The predicted molar refractivity (Wildman–Crippen MR) is 140 cm³/mol. The van der Waals surface area contributed by atoms with Crippen molar-refractivity contribution in [1.29, 1.82) is 0 Å². The van der Waals surface area contributed by atoms with Crippen LogP contribution in [0.15, 0.2) is 36.4 Å². The van der Waals surface area contributed by atoms with Gasteiger partial charge in [0.15, 0.2) is 11.6 Å². The fourth-order valence-electron chi connectivity index (χ4n) is 4.37. The van der Waals surface area contributed by atoms with Crippen LogP contribution in [0, 0.1) is 11.6 Å². The molecule has 1 N–H and O–H groups in total. The molecule has 202 valence electrons. The third-order valence-corrected chi connectivity index (χ3v) is 8.04. The molecule has 0 aliphatic heterocycles. The maximum Gasteiger partial charge on any atom is 0.244 e. The van der Waals surface area contributed by atoms with Crippen molar-refractivity contribution in [3.05, 3.63) is 63.6 Å². The normalized spacial score (nSPS) is 14.9. The first-order chi connectivity index (χ1) is 17.4. The first-order valence-electron chi connectivity index (χ1n) is 11.9. The minimum atomic E-state index is -4.08. The molecule has 0 saturated heterocycles. The molecule has 2 aromatic carbocycles. The average molecular weight is 576 g/mol. The molecule has 2 aromatic rings. The van der Waals surface area contributed by atoms with E-state index in [0.717, 1.165) is 44.1 Å². The standard InChI is InChI=1S/C25H29Cl2F2N3O4S/c1-3-23(25(34)30-18-6-4-5-7-18)31(14-16-8-9-17(26)12-20(16)27)24(33)15-32(37(2,35)36)19-10-11-21(28)22(29)13-19/h8-13,18,23H,3-7,14-15H2,1-2H3,(H,30,34)/t23-/m0/s1. The van der Waals surface area contributed by atoms with Crippen molar-refractivity contribution in [1.82, 2.24) is 10.2 Å². The lowest BCUT2D eigenvalue weighted by molar-refractivity contribution is -0.140. The first-order valence-corrected chi connectivity index (χ1v) is 14.5. The van der Waals surface area contributed by atoms with Crippen molar-refractivity contribution in [3.8, 4) is 0 Å². The molecule has 1 aliphatic rings. The van der Waals surface area contributed by atoms with Gasteiger partial charge < -0.3 is 10.2 Å². The Kier molecular flexibility index (Phi) is 9.77. The van der Waals surface area contributed by atoms with Crippen LogP contribution in [0.2, 0.25) is 10.0 Å². The van der Waals surface area contributed by atoms with E-state index in [1.165, 1.54) is 11.0 Å². The number of hydrogen-bond acceptors (Lipinski definition) is 4. The van der Waals surface area contributed by atoms with E-state index >= 15 is 0 Å². The van der Waals surface area contributed by atoms with Crippen LogP contribution in [-0.2, 0) is 26.2 Å². The van der Waals surface area contributed by atoms with Crippen molar-refractivity contribution in [2.75, 3.05) is 17.1 Å². The third-order valence-electron chi connectivity index (χ3n) is 6.31. The van der Waals surface area contributed by atoms with Gasteiger partial charge in [0, 0.05) is 28.7 Å². The molecule has 1 saturated carbocycles. The number of carbonyl (C=O) groups excluding carboxylic acids is 2.